The summed E-state index contributed by atoms with van der Waals surface area (Å²) in [7, 11) is 1.87. The molecule has 130 valence electrons. The maximum atomic E-state index is 12.5. The van der Waals surface area contributed by atoms with Gasteiger partial charge in [-0.3, -0.25) is 4.79 Å². The summed E-state index contributed by atoms with van der Waals surface area (Å²) >= 11 is 1.41. The number of furan rings is 1. The minimum Gasteiger partial charge on any atom is -0.461 e. The summed E-state index contributed by atoms with van der Waals surface area (Å²) in [5.41, 5.74) is 1.08. The molecule has 1 N–H and O–H groups in total. The molecule has 3 rings (SSSR count). The van der Waals surface area contributed by atoms with Gasteiger partial charge in [0.25, 0.3) is 0 Å². The second kappa shape index (κ2) is 8.02. The molecule has 6 nitrogen and oxygen atoms in total. The van der Waals surface area contributed by atoms with E-state index in [4.69, 9.17) is 4.42 Å². The van der Waals surface area contributed by atoms with Crippen LogP contribution in [0.1, 0.15) is 18.9 Å². The summed E-state index contributed by atoms with van der Waals surface area (Å²) in [4.78, 5) is 12.5. The molecule has 1 amide bonds. The van der Waals surface area contributed by atoms with Crippen LogP contribution in [0.25, 0.3) is 11.6 Å². The molecular weight excluding hydrogens is 336 g/mol. The zero-order valence-corrected chi connectivity index (χ0v) is 15.0. The van der Waals surface area contributed by atoms with Crippen LogP contribution >= 0.6 is 11.8 Å². The summed E-state index contributed by atoms with van der Waals surface area (Å²) in [5.74, 6) is 1.30. The van der Waals surface area contributed by atoms with Crippen LogP contribution < -0.4 is 5.32 Å². The van der Waals surface area contributed by atoms with Gasteiger partial charge in [-0.25, -0.2) is 0 Å². The Labute approximate surface area is 150 Å². The normalized spacial score (nSPS) is 12.1. The smallest absolute Gasteiger partial charge is 0.233 e. The first-order valence-corrected chi connectivity index (χ1v) is 8.98. The van der Waals surface area contributed by atoms with E-state index in [2.05, 4.69) is 15.5 Å². The third-order valence-electron chi connectivity index (χ3n) is 3.80. The molecule has 2 heterocycles. The van der Waals surface area contributed by atoms with Crippen molar-refractivity contribution < 1.29 is 9.21 Å². The topological polar surface area (TPSA) is 73.0 Å². The Morgan fingerprint density at radius 1 is 1.24 bits per heavy atom. The van der Waals surface area contributed by atoms with Gasteiger partial charge in [0.1, 0.15) is 0 Å². The highest BCUT2D eigenvalue weighted by Gasteiger charge is 2.22. The lowest BCUT2D eigenvalue weighted by Crippen LogP contribution is -2.32. The van der Waals surface area contributed by atoms with Gasteiger partial charge in [0.05, 0.1) is 11.5 Å². The lowest BCUT2D eigenvalue weighted by Gasteiger charge is -2.14. The van der Waals surface area contributed by atoms with Crippen LogP contribution in [-0.4, -0.2) is 25.9 Å². The predicted molar refractivity (Wildman–Crippen MR) is 96.9 cm³/mol. The molecule has 0 fully saturated rings. The van der Waals surface area contributed by atoms with E-state index in [1.54, 1.807) is 6.26 Å². The van der Waals surface area contributed by atoms with E-state index in [0.717, 1.165) is 5.56 Å². The predicted octanol–water partition coefficient (Wildman–Crippen LogP) is 3.26. The van der Waals surface area contributed by atoms with Crippen molar-refractivity contribution in [1.29, 1.82) is 0 Å². The highest BCUT2D eigenvalue weighted by Crippen LogP contribution is 2.27. The van der Waals surface area contributed by atoms with Gasteiger partial charge in [-0.2, -0.15) is 0 Å². The molecule has 0 radical (unpaired) electrons. The number of carbonyl (C=O) groups excluding carboxylic acids is 1. The molecule has 0 saturated carbocycles. The van der Waals surface area contributed by atoms with Crippen molar-refractivity contribution in [3.05, 3.63) is 54.3 Å². The second-order valence-electron chi connectivity index (χ2n) is 5.56. The number of nitrogens with one attached hydrogen (secondary N) is 1. The van der Waals surface area contributed by atoms with Crippen molar-refractivity contribution in [3.8, 4) is 11.6 Å². The summed E-state index contributed by atoms with van der Waals surface area (Å²) < 4.78 is 7.21. The van der Waals surface area contributed by atoms with Crippen LogP contribution in [0.5, 0.6) is 0 Å². The lowest BCUT2D eigenvalue weighted by atomic mass is 10.2. The van der Waals surface area contributed by atoms with E-state index < -0.39 is 0 Å². The second-order valence-corrected chi connectivity index (χ2v) is 6.73. The zero-order chi connectivity index (χ0) is 17.6. The van der Waals surface area contributed by atoms with Gasteiger partial charge in [0, 0.05) is 13.6 Å². The van der Waals surface area contributed by atoms with Crippen molar-refractivity contribution in [2.75, 3.05) is 0 Å². The van der Waals surface area contributed by atoms with Crippen molar-refractivity contribution in [2.45, 2.75) is 30.3 Å². The first-order valence-electron chi connectivity index (χ1n) is 8.10. The van der Waals surface area contributed by atoms with E-state index in [1.807, 2.05) is 61.0 Å². The van der Waals surface area contributed by atoms with Crippen LogP contribution in [0.4, 0.5) is 0 Å². The summed E-state index contributed by atoms with van der Waals surface area (Å²) in [6.45, 7) is 2.51. The summed E-state index contributed by atoms with van der Waals surface area (Å²) in [6, 6.07) is 13.5. The molecule has 0 spiro atoms. The van der Waals surface area contributed by atoms with Crippen LogP contribution in [0.15, 0.2) is 58.3 Å². The number of hydrogen-bond donors (Lipinski definition) is 1. The monoisotopic (exact) mass is 356 g/mol. The fraction of sp³-hybridized carbons (Fsp3) is 0.278. The van der Waals surface area contributed by atoms with Gasteiger partial charge in [0.15, 0.2) is 16.7 Å². The molecule has 3 aromatic rings. The molecule has 0 bridgehead atoms. The van der Waals surface area contributed by atoms with E-state index in [9.17, 15) is 4.79 Å². The van der Waals surface area contributed by atoms with Gasteiger partial charge in [-0.15, -0.1) is 10.2 Å². The van der Waals surface area contributed by atoms with E-state index in [0.29, 0.717) is 29.7 Å². The van der Waals surface area contributed by atoms with E-state index in [1.165, 1.54) is 11.8 Å². The Hall–Kier alpha value is -2.54. The largest absolute Gasteiger partial charge is 0.461 e. The third kappa shape index (κ3) is 4.11. The Bertz CT molecular complexity index is 815. The highest BCUT2D eigenvalue weighted by atomic mass is 32.2. The average Bonchev–Trinajstić information content (AvgIpc) is 3.28. The van der Waals surface area contributed by atoms with Crippen molar-refractivity contribution in [2.24, 2.45) is 7.05 Å². The molecule has 7 heteroatoms. The van der Waals surface area contributed by atoms with Gasteiger partial charge in [0.2, 0.25) is 5.91 Å². The van der Waals surface area contributed by atoms with Gasteiger partial charge < -0.3 is 14.3 Å². The number of aromatic nitrogens is 3. The molecule has 2 aromatic heterocycles. The SMILES string of the molecule is CCC(Sc1nnc(-c2ccco2)n1C)C(=O)NCc1ccccc1. The summed E-state index contributed by atoms with van der Waals surface area (Å²) in [5, 5.41) is 11.8. The zero-order valence-electron chi connectivity index (χ0n) is 14.2. The molecule has 1 aromatic carbocycles. The molecular formula is C18H20N4O2S. The molecule has 0 saturated heterocycles. The maximum absolute atomic E-state index is 12.5. The van der Waals surface area contributed by atoms with Gasteiger partial charge in [-0.05, 0) is 24.1 Å². The minimum atomic E-state index is -0.226. The molecule has 0 aliphatic heterocycles. The maximum Gasteiger partial charge on any atom is 0.233 e. The van der Waals surface area contributed by atoms with E-state index in [-0.39, 0.29) is 11.2 Å². The van der Waals surface area contributed by atoms with Gasteiger partial charge in [-0.1, -0.05) is 49.0 Å². The Morgan fingerprint density at radius 3 is 2.72 bits per heavy atom. The average molecular weight is 356 g/mol. The number of thioether (sulfide) groups is 1. The summed E-state index contributed by atoms with van der Waals surface area (Å²) in [6.07, 6.45) is 2.30. The third-order valence-corrected chi connectivity index (χ3v) is 5.20. The fourth-order valence-corrected chi connectivity index (χ4v) is 3.33. The number of nitrogens with zero attached hydrogens (tertiary/aromatic N) is 3. The quantitative estimate of drug-likeness (QED) is 0.658. The number of hydrogen-bond acceptors (Lipinski definition) is 5. The molecule has 0 aliphatic rings. The molecule has 1 atom stereocenters. The molecule has 25 heavy (non-hydrogen) atoms. The van der Waals surface area contributed by atoms with Gasteiger partial charge >= 0.3 is 0 Å². The molecule has 1 unspecified atom stereocenters. The van der Waals surface area contributed by atoms with Crippen LogP contribution in [0.3, 0.4) is 0 Å². The van der Waals surface area contributed by atoms with Crippen LogP contribution in [-0.2, 0) is 18.4 Å². The fourth-order valence-electron chi connectivity index (χ4n) is 2.39. The van der Waals surface area contributed by atoms with Crippen molar-refractivity contribution >= 4 is 17.7 Å². The van der Waals surface area contributed by atoms with Crippen molar-refractivity contribution in [3.63, 3.8) is 0 Å². The first-order chi connectivity index (χ1) is 12.2. The van der Waals surface area contributed by atoms with Crippen molar-refractivity contribution in [1.82, 2.24) is 20.1 Å². The number of benzene rings is 1. The van der Waals surface area contributed by atoms with Crippen LogP contribution in [0, 0.1) is 0 Å². The Morgan fingerprint density at radius 2 is 2.04 bits per heavy atom. The highest BCUT2D eigenvalue weighted by molar-refractivity contribution is 8.00. The van der Waals surface area contributed by atoms with Crippen LogP contribution in [0.2, 0.25) is 0 Å². The Kier molecular flexibility index (Phi) is 5.55. The first kappa shape index (κ1) is 17.3. The standard InChI is InChI=1S/C18H20N4O2S/c1-3-15(17(23)19-12-13-8-5-4-6-9-13)25-18-21-20-16(22(18)2)14-10-7-11-24-14/h4-11,15H,3,12H2,1-2H3,(H,19,23). The lowest BCUT2D eigenvalue weighted by molar-refractivity contribution is -0.120. The Balaban J connectivity index is 1.65. The number of amides is 1. The van der Waals surface area contributed by atoms with E-state index >= 15 is 0 Å². The minimum absolute atomic E-state index is 0.00102. The number of carbonyl (C=O) groups is 1. The molecule has 0 aliphatic carbocycles. The number of rotatable bonds is 7.